The number of carboxylic acids is 1. The van der Waals surface area contributed by atoms with Crippen LogP contribution in [0, 0.1) is 5.82 Å². The molecule has 0 aromatic heterocycles. The molecule has 1 aliphatic heterocycles. The van der Waals surface area contributed by atoms with Gasteiger partial charge in [0.2, 0.25) is 5.91 Å². The van der Waals surface area contributed by atoms with Crippen molar-refractivity contribution >= 4 is 35.1 Å². The second kappa shape index (κ2) is 10.8. The number of carboxylic acid groups (broad SMARTS) is 1. The van der Waals surface area contributed by atoms with Gasteiger partial charge in [-0.15, -0.1) is 11.8 Å². The van der Waals surface area contributed by atoms with Crippen LogP contribution < -0.4 is 9.64 Å². The quantitative estimate of drug-likeness (QED) is 0.308. The second-order valence-electron chi connectivity index (χ2n) is 9.23. The van der Waals surface area contributed by atoms with E-state index in [1.54, 1.807) is 41.3 Å². The van der Waals surface area contributed by atoms with Gasteiger partial charge in [0.15, 0.2) is 12.4 Å². The number of fused-ring (bicyclic) bond motifs is 1. The Morgan fingerprint density at radius 3 is 2.38 bits per heavy atom. The smallest absolute Gasteiger partial charge is 0.341 e. The van der Waals surface area contributed by atoms with E-state index in [0.29, 0.717) is 17.0 Å². The van der Waals surface area contributed by atoms with Crippen LogP contribution in [-0.2, 0) is 22.4 Å². The summed E-state index contributed by atoms with van der Waals surface area (Å²) in [5.41, 5.74) is 4.61. The van der Waals surface area contributed by atoms with Crippen molar-refractivity contribution < 1.29 is 28.6 Å². The van der Waals surface area contributed by atoms with Gasteiger partial charge in [0.25, 0.3) is 0 Å². The summed E-state index contributed by atoms with van der Waals surface area (Å²) in [5, 5.41) is 8.34. The third-order valence-electron chi connectivity index (χ3n) is 6.80. The Morgan fingerprint density at radius 1 is 0.973 bits per heavy atom. The fourth-order valence-electron chi connectivity index (χ4n) is 4.90. The number of ether oxygens (including phenoxy) is 1. The molecule has 0 bridgehead atoms. The van der Waals surface area contributed by atoms with E-state index in [9.17, 15) is 18.8 Å². The van der Waals surface area contributed by atoms with Gasteiger partial charge in [-0.3, -0.25) is 9.59 Å². The van der Waals surface area contributed by atoms with Crippen molar-refractivity contribution in [2.45, 2.75) is 37.0 Å². The predicted molar refractivity (Wildman–Crippen MR) is 140 cm³/mol. The summed E-state index contributed by atoms with van der Waals surface area (Å²) >= 11 is 1.31. The van der Waals surface area contributed by atoms with Crippen LogP contribution >= 0.6 is 11.8 Å². The summed E-state index contributed by atoms with van der Waals surface area (Å²) < 4.78 is 18.7. The molecule has 1 aliphatic carbocycles. The van der Waals surface area contributed by atoms with Gasteiger partial charge in [0.1, 0.15) is 16.8 Å². The van der Waals surface area contributed by atoms with Crippen LogP contribution in [0.5, 0.6) is 5.75 Å². The third kappa shape index (κ3) is 5.39. The SMILES string of the molecule is O=C(O)COc1ccc(C2C(SCC(=O)c3ccc4c(c3)CCCC4)C(=O)N2c2ccc(F)cc2)cc1. The van der Waals surface area contributed by atoms with Gasteiger partial charge in [-0.1, -0.05) is 24.3 Å². The normalized spacial score (nSPS) is 18.6. The lowest BCUT2D eigenvalue weighted by Crippen LogP contribution is -2.57. The van der Waals surface area contributed by atoms with E-state index in [-0.39, 0.29) is 23.5 Å². The zero-order valence-electron chi connectivity index (χ0n) is 20.1. The number of nitrogens with zero attached hydrogens (tertiary/aromatic N) is 1. The Hall–Kier alpha value is -3.65. The van der Waals surface area contributed by atoms with Gasteiger partial charge in [0, 0.05) is 11.3 Å². The minimum absolute atomic E-state index is 0.0115. The summed E-state index contributed by atoms with van der Waals surface area (Å²) in [6, 6.07) is 18.2. The lowest BCUT2D eigenvalue weighted by Gasteiger charge is -2.47. The number of β-lactam (4-membered cyclic amide) rings is 1. The predicted octanol–water partition coefficient (Wildman–Crippen LogP) is 5.24. The zero-order valence-corrected chi connectivity index (χ0v) is 20.9. The summed E-state index contributed by atoms with van der Waals surface area (Å²) in [4.78, 5) is 38.6. The van der Waals surface area contributed by atoms with Crippen LogP contribution in [0.3, 0.4) is 0 Å². The maximum Gasteiger partial charge on any atom is 0.341 e. The van der Waals surface area contributed by atoms with Gasteiger partial charge in [-0.25, -0.2) is 9.18 Å². The number of Topliss-reactive ketones (excluding diaryl/α,β-unsaturated/α-hetero) is 1. The van der Waals surface area contributed by atoms with Crippen molar-refractivity contribution in [2.75, 3.05) is 17.3 Å². The number of ketones is 1. The van der Waals surface area contributed by atoms with Crippen molar-refractivity contribution in [3.05, 3.63) is 94.8 Å². The highest BCUT2D eigenvalue weighted by Gasteiger charge is 2.49. The van der Waals surface area contributed by atoms with E-state index >= 15 is 0 Å². The first-order chi connectivity index (χ1) is 17.9. The van der Waals surface area contributed by atoms with E-state index < -0.39 is 23.6 Å². The number of rotatable bonds is 9. The molecule has 3 aromatic carbocycles. The molecule has 190 valence electrons. The molecule has 2 atom stereocenters. The van der Waals surface area contributed by atoms with Gasteiger partial charge < -0.3 is 14.7 Å². The van der Waals surface area contributed by atoms with Gasteiger partial charge >= 0.3 is 5.97 Å². The Morgan fingerprint density at radius 2 is 1.68 bits per heavy atom. The van der Waals surface area contributed by atoms with E-state index in [1.165, 1.54) is 41.4 Å². The number of aryl methyl sites for hydroxylation is 2. The molecule has 1 fully saturated rings. The van der Waals surface area contributed by atoms with Crippen LogP contribution in [-0.4, -0.2) is 40.4 Å². The zero-order chi connectivity index (χ0) is 25.9. The molecule has 0 saturated carbocycles. The topological polar surface area (TPSA) is 83.9 Å². The number of benzene rings is 3. The summed E-state index contributed by atoms with van der Waals surface area (Å²) in [5.74, 6) is -1.06. The first-order valence-electron chi connectivity index (χ1n) is 12.2. The average molecular weight is 520 g/mol. The molecule has 1 N–H and O–H groups in total. The van der Waals surface area contributed by atoms with Crippen LogP contribution in [0.15, 0.2) is 66.7 Å². The average Bonchev–Trinajstić information content (AvgIpc) is 2.91. The maximum absolute atomic E-state index is 13.5. The highest BCUT2D eigenvalue weighted by molar-refractivity contribution is 8.01. The van der Waals surface area contributed by atoms with Crippen LogP contribution in [0.2, 0.25) is 0 Å². The van der Waals surface area contributed by atoms with E-state index in [2.05, 4.69) is 0 Å². The summed E-state index contributed by atoms with van der Waals surface area (Å²) in [7, 11) is 0. The molecule has 1 saturated heterocycles. The van der Waals surface area contributed by atoms with Gasteiger partial charge in [-0.2, -0.15) is 0 Å². The molecule has 3 aromatic rings. The minimum atomic E-state index is -1.07. The highest BCUT2D eigenvalue weighted by Crippen LogP contribution is 2.45. The number of halogens is 1. The minimum Gasteiger partial charge on any atom is -0.482 e. The first kappa shape index (κ1) is 25.0. The molecule has 1 heterocycles. The Balaban J connectivity index is 1.34. The molecule has 1 amide bonds. The number of aliphatic carboxylic acids is 1. The lowest BCUT2D eigenvalue weighted by molar-refractivity contribution is -0.139. The molecule has 6 nitrogen and oxygen atoms in total. The van der Waals surface area contributed by atoms with E-state index in [0.717, 1.165) is 24.8 Å². The fourth-order valence-corrected chi connectivity index (χ4v) is 6.12. The molecule has 0 radical (unpaired) electrons. The first-order valence-corrected chi connectivity index (χ1v) is 13.3. The van der Waals surface area contributed by atoms with Crippen molar-refractivity contribution in [3.63, 3.8) is 0 Å². The standard InChI is InChI=1S/C29H26FNO5S/c30-22-9-11-23(12-10-22)31-27(19-7-13-24(14-8-19)36-16-26(33)34)28(29(31)35)37-17-25(32)21-6-5-18-3-1-2-4-20(18)15-21/h5-15,27-28H,1-4,16-17H2,(H,33,34). The number of hydrogen-bond acceptors (Lipinski definition) is 5. The Kier molecular flexibility index (Phi) is 7.28. The molecule has 2 unspecified atom stereocenters. The van der Waals surface area contributed by atoms with Crippen molar-refractivity contribution in [1.82, 2.24) is 0 Å². The monoisotopic (exact) mass is 519 g/mol. The van der Waals surface area contributed by atoms with Gasteiger partial charge in [0.05, 0.1) is 11.8 Å². The largest absolute Gasteiger partial charge is 0.482 e. The highest BCUT2D eigenvalue weighted by atomic mass is 32.2. The lowest BCUT2D eigenvalue weighted by atomic mass is 9.90. The molecule has 8 heteroatoms. The molecular weight excluding hydrogens is 493 g/mol. The van der Waals surface area contributed by atoms with Crippen molar-refractivity contribution in [1.29, 1.82) is 0 Å². The number of carbonyl (C=O) groups is 3. The Bertz CT molecular complexity index is 1330. The molecule has 37 heavy (non-hydrogen) atoms. The van der Waals surface area contributed by atoms with E-state index in [1.807, 2.05) is 18.2 Å². The Labute approximate surface area is 218 Å². The summed E-state index contributed by atoms with van der Waals surface area (Å²) in [6.45, 7) is -0.452. The third-order valence-corrected chi connectivity index (χ3v) is 8.05. The number of anilines is 1. The fraction of sp³-hybridized carbons (Fsp3) is 0.276. The number of thioether (sulfide) groups is 1. The number of amides is 1. The van der Waals surface area contributed by atoms with Crippen molar-refractivity contribution in [3.8, 4) is 5.75 Å². The maximum atomic E-state index is 13.5. The molecule has 2 aliphatic rings. The second-order valence-corrected chi connectivity index (χ2v) is 10.4. The molecular formula is C29H26FNO5S. The van der Waals surface area contributed by atoms with Crippen molar-refractivity contribution in [2.24, 2.45) is 0 Å². The van der Waals surface area contributed by atoms with Crippen LogP contribution in [0.4, 0.5) is 10.1 Å². The van der Waals surface area contributed by atoms with E-state index in [4.69, 9.17) is 9.84 Å². The number of hydrogen-bond donors (Lipinski definition) is 1. The summed E-state index contributed by atoms with van der Waals surface area (Å²) in [6.07, 6.45) is 4.36. The van der Waals surface area contributed by atoms with Crippen LogP contribution in [0.25, 0.3) is 0 Å². The molecule has 5 rings (SSSR count). The molecule has 0 spiro atoms. The number of carbonyl (C=O) groups excluding carboxylic acids is 2. The van der Waals surface area contributed by atoms with Crippen LogP contribution in [0.1, 0.15) is 45.9 Å². The van der Waals surface area contributed by atoms with Gasteiger partial charge in [-0.05, 0) is 84.8 Å².